The molecule has 0 saturated carbocycles. The molecule has 0 aromatic carbocycles. The number of nitrogens with one attached hydrogen (secondary N) is 1. The summed E-state index contributed by atoms with van der Waals surface area (Å²) in [7, 11) is 0. The molecule has 1 amide bonds. The van der Waals surface area contributed by atoms with Crippen LogP contribution in [-0.4, -0.2) is 60.8 Å². The van der Waals surface area contributed by atoms with Crippen LogP contribution in [0, 0.1) is 5.92 Å². The van der Waals surface area contributed by atoms with Crippen molar-refractivity contribution in [2.75, 3.05) is 32.8 Å². The first-order valence-electron chi connectivity index (χ1n) is 5.49. The number of carbonyl (C=O) groups is 2. The van der Waals surface area contributed by atoms with E-state index in [9.17, 15) is 9.59 Å². The summed E-state index contributed by atoms with van der Waals surface area (Å²) in [5.41, 5.74) is 0. The van der Waals surface area contributed by atoms with Crippen molar-refractivity contribution in [1.82, 2.24) is 10.2 Å². The topological polar surface area (TPSA) is 78.9 Å². The fourth-order valence-electron chi connectivity index (χ4n) is 1.96. The molecule has 2 aliphatic rings. The number of carbonyl (C=O) groups excluding carboxylic acids is 1. The SMILES string of the molecule is O=C(O)C1COCCN1C(=O)CC1CNC1. The minimum absolute atomic E-state index is 0.0674. The third kappa shape index (κ3) is 2.33. The van der Waals surface area contributed by atoms with E-state index in [1.807, 2.05) is 0 Å². The van der Waals surface area contributed by atoms with Crippen molar-refractivity contribution < 1.29 is 19.4 Å². The second-order valence-corrected chi connectivity index (χ2v) is 4.24. The van der Waals surface area contributed by atoms with E-state index in [4.69, 9.17) is 9.84 Å². The van der Waals surface area contributed by atoms with Gasteiger partial charge in [-0.2, -0.15) is 0 Å². The molecule has 0 radical (unpaired) electrons. The largest absolute Gasteiger partial charge is 0.480 e. The molecular weight excluding hydrogens is 212 g/mol. The maximum Gasteiger partial charge on any atom is 0.328 e. The van der Waals surface area contributed by atoms with Crippen LogP contribution in [0.15, 0.2) is 0 Å². The smallest absolute Gasteiger partial charge is 0.328 e. The summed E-state index contributed by atoms with van der Waals surface area (Å²) >= 11 is 0. The molecule has 90 valence electrons. The number of ether oxygens (including phenoxy) is 1. The summed E-state index contributed by atoms with van der Waals surface area (Å²) in [5.74, 6) is -0.688. The van der Waals surface area contributed by atoms with E-state index in [0.29, 0.717) is 25.5 Å². The zero-order chi connectivity index (χ0) is 11.5. The third-order valence-electron chi connectivity index (χ3n) is 3.06. The van der Waals surface area contributed by atoms with E-state index in [0.717, 1.165) is 13.1 Å². The van der Waals surface area contributed by atoms with E-state index < -0.39 is 12.0 Å². The molecule has 6 heteroatoms. The van der Waals surface area contributed by atoms with Gasteiger partial charge in [0.1, 0.15) is 0 Å². The molecule has 2 aliphatic heterocycles. The van der Waals surface area contributed by atoms with Crippen molar-refractivity contribution >= 4 is 11.9 Å². The molecule has 2 rings (SSSR count). The predicted octanol–water partition coefficient (Wildman–Crippen LogP) is -1.09. The van der Waals surface area contributed by atoms with Crippen LogP contribution in [0.3, 0.4) is 0 Å². The molecule has 2 N–H and O–H groups in total. The molecule has 0 aliphatic carbocycles. The molecule has 6 nitrogen and oxygen atoms in total. The molecule has 2 saturated heterocycles. The molecule has 1 unspecified atom stereocenters. The van der Waals surface area contributed by atoms with Crippen LogP contribution in [0.4, 0.5) is 0 Å². The summed E-state index contributed by atoms with van der Waals surface area (Å²) in [6.45, 7) is 2.63. The van der Waals surface area contributed by atoms with Crippen molar-refractivity contribution in [3.8, 4) is 0 Å². The Hall–Kier alpha value is -1.14. The average molecular weight is 228 g/mol. The number of carboxylic acid groups (broad SMARTS) is 1. The first kappa shape index (κ1) is 11.3. The highest BCUT2D eigenvalue weighted by Gasteiger charge is 2.34. The molecule has 16 heavy (non-hydrogen) atoms. The number of aliphatic carboxylic acids is 1. The molecule has 1 atom stereocenters. The molecule has 2 heterocycles. The monoisotopic (exact) mass is 228 g/mol. The number of morpholine rings is 1. The number of nitrogens with zero attached hydrogens (tertiary/aromatic N) is 1. The van der Waals surface area contributed by atoms with E-state index in [1.165, 1.54) is 4.90 Å². The van der Waals surface area contributed by atoms with Crippen molar-refractivity contribution in [2.45, 2.75) is 12.5 Å². The Balaban J connectivity index is 1.93. The summed E-state index contributed by atoms with van der Waals surface area (Å²) in [6.07, 6.45) is 0.441. The van der Waals surface area contributed by atoms with Crippen molar-refractivity contribution in [1.29, 1.82) is 0 Å². The third-order valence-corrected chi connectivity index (χ3v) is 3.06. The van der Waals surface area contributed by atoms with Crippen molar-refractivity contribution in [3.05, 3.63) is 0 Å². The fourth-order valence-corrected chi connectivity index (χ4v) is 1.96. The van der Waals surface area contributed by atoms with Crippen LogP contribution in [0.1, 0.15) is 6.42 Å². The van der Waals surface area contributed by atoms with Crippen molar-refractivity contribution in [2.24, 2.45) is 5.92 Å². The van der Waals surface area contributed by atoms with Crippen molar-refractivity contribution in [3.63, 3.8) is 0 Å². The zero-order valence-electron chi connectivity index (χ0n) is 9.02. The lowest BCUT2D eigenvalue weighted by molar-refractivity contribution is -0.158. The van der Waals surface area contributed by atoms with Gasteiger partial charge in [-0.1, -0.05) is 0 Å². The van der Waals surface area contributed by atoms with Crippen LogP contribution >= 0.6 is 0 Å². The lowest BCUT2D eigenvalue weighted by Gasteiger charge is -2.35. The molecule has 0 bridgehead atoms. The Labute approximate surface area is 93.6 Å². The van der Waals surface area contributed by atoms with Gasteiger partial charge in [0.15, 0.2) is 6.04 Å². The van der Waals surface area contributed by atoms with E-state index in [2.05, 4.69) is 5.32 Å². The highest BCUT2D eigenvalue weighted by molar-refractivity contribution is 5.84. The average Bonchev–Trinajstić information content (AvgIpc) is 2.23. The van der Waals surface area contributed by atoms with Gasteiger partial charge >= 0.3 is 5.97 Å². The quantitative estimate of drug-likeness (QED) is 0.641. The minimum atomic E-state index is -0.986. The second kappa shape index (κ2) is 4.80. The standard InChI is InChI=1S/C10H16N2O4/c13-9(3-7-4-11-5-7)12-1-2-16-6-8(12)10(14)15/h7-8,11H,1-6H2,(H,14,15). The summed E-state index contributed by atoms with van der Waals surface area (Å²) in [5, 5.41) is 12.1. The van der Waals surface area contributed by atoms with E-state index in [-0.39, 0.29) is 12.5 Å². The Morgan fingerprint density at radius 2 is 2.19 bits per heavy atom. The molecule has 0 spiro atoms. The van der Waals surface area contributed by atoms with Crippen LogP contribution in [0.5, 0.6) is 0 Å². The molecule has 0 aromatic heterocycles. The van der Waals surface area contributed by atoms with Crippen LogP contribution in [0.2, 0.25) is 0 Å². The highest BCUT2D eigenvalue weighted by Crippen LogP contribution is 2.14. The zero-order valence-corrected chi connectivity index (χ0v) is 9.02. The fraction of sp³-hybridized carbons (Fsp3) is 0.800. The number of carboxylic acids is 1. The van der Waals surface area contributed by atoms with Gasteiger partial charge in [0.2, 0.25) is 5.91 Å². The summed E-state index contributed by atoms with van der Waals surface area (Å²) in [6, 6.07) is -0.811. The first-order chi connectivity index (χ1) is 7.68. The minimum Gasteiger partial charge on any atom is -0.480 e. The van der Waals surface area contributed by atoms with E-state index >= 15 is 0 Å². The van der Waals surface area contributed by atoms with Gasteiger partial charge in [-0.25, -0.2) is 4.79 Å². The Morgan fingerprint density at radius 1 is 1.44 bits per heavy atom. The summed E-state index contributed by atoms with van der Waals surface area (Å²) < 4.78 is 5.08. The predicted molar refractivity (Wildman–Crippen MR) is 54.9 cm³/mol. The van der Waals surface area contributed by atoms with Crippen LogP contribution < -0.4 is 5.32 Å². The number of hydrogen-bond acceptors (Lipinski definition) is 4. The van der Waals surface area contributed by atoms with E-state index in [1.54, 1.807) is 0 Å². The Kier molecular flexibility index (Phi) is 3.40. The number of amides is 1. The van der Waals surface area contributed by atoms with Gasteiger partial charge in [0.05, 0.1) is 13.2 Å². The maximum atomic E-state index is 11.9. The van der Waals surface area contributed by atoms with Crippen LogP contribution in [-0.2, 0) is 14.3 Å². The van der Waals surface area contributed by atoms with Gasteiger partial charge in [-0.15, -0.1) is 0 Å². The van der Waals surface area contributed by atoms with Crippen LogP contribution in [0.25, 0.3) is 0 Å². The molecule has 2 fully saturated rings. The van der Waals surface area contributed by atoms with Gasteiger partial charge in [-0.3, -0.25) is 4.79 Å². The van der Waals surface area contributed by atoms with Gasteiger partial charge in [0.25, 0.3) is 0 Å². The molecule has 0 aromatic rings. The van der Waals surface area contributed by atoms with Gasteiger partial charge in [0, 0.05) is 13.0 Å². The number of hydrogen-bond donors (Lipinski definition) is 2. The number of rotatable bonds is 3. The lowest BCUT2D eigenvalue weighted by Crippen LogP contribution is -2.54. The van der Waals surface area contributed by atoms with Gasteiger partial charge in [-0.05, 0) is 19.0 Å². The highest BCUT2D eigenvalue weighted by atomic mass is 16.5. The molecular formula is C10H16N2O4. The second-order valence-electron chi connectivity index (χ2n) is 4.24. The lowest BCUT2D eigenvalue weighted by atomic mass is 9.98. The first-order valence-corrected chi connectivity index (χ1v) is 5.49. The summed E-state index contributed by atoms with van der Waals surface area (Å²) in [4.78, 5) is 24.3. The maximum absolute atomic E-state index is 11.9. The normalized spacial score (nSPS) is 26.2. The van der Waals surface area contributed by atoms with Gasteiger partial charge < -0.3 is 20.1 Å². The Morgan fingerprint density at radius 3 is 2.75 bits per heavy atom. The Bertz CT molecular complexity index is 291.